The van der Waals surface area contributed by atoms with Crippen molar-refractivity contribution in [2.24, 2.45) is 0 Å². The summed E-state index contributed by atoms with van der Waals surface area (Å²) in [6, 6.07) is 10.2. The standard InChI is InChI=1S/C21H22Cl3N3O2/c22-16-10-18(24)19(11-17(16)23)25-12-20(28)26-15-8-4-5-13(9-15)21(29)27-14-6-2-1-3-7-14/h4-5,8-11,14,25H,1-3,6-7,12H2,(H,26,28)(H,27,29). The first-order chi connectivity index (χ1) is 13.9. The van der Waals surface area contributed by atoms with E-state index in [-0.39, 0.29) is 24.4 Å². The molecular weight excluding hydrogens is 433 g/mol. The van der Waals surface area contributed by atoms with E-state index in [9.17, 15) is 9.59 Å². The molecule has 5 nitrogen and oxygen atoms in total. The topological polar surface area (TPSA) is 70.2 Å². The Morgan fingerprint density at radius 1 is 0.931 bits per heavy atom. The van der Waals surface area contributed by atoms with E-state index >= 15 is 0 Å². The Labute approximate surface area is 185 Å². The van der Waals surface area contributed by atoms with Crippen LogP contribution < -0.4 is 16.0 Å². The second kappa shape index (κ2) is 10.2. The molecule has 2 aromatic rings. The van der Waals surface area contributed by atoms with Crippen molar-refractivity contribution in [3.8, 4) is 0 Å². The summed E-state index contributed by atoms with van der Waals surface area (Å²) in [6.07, 6.45) is 5.57. The number of nitrogens with one attached hydrogen (secondary N) is 3. The molecule has 154 valence electrons. The van der Waals surface area contributed by atoms with Crippen LogP contribution in [0.4, 0.5) is 11.4 Å². The summed E-state index contributed by atoms with van der Waals surface area (Å²) in [7, 11) is 0. The number of hydrogen-bond acceptors (Lipinski definition) is 3. The van der Waals surface area contributed by atoms with Crippen molar-refractivity contribution in [3.05, 3.63) is 57.0 Å². The van der Waals surface area contributed by atoms with Crippen molar-refractivity contribution >= 4 is 58.0 Å². The lowest BCUT2D eigenvalue weighted by Crippen LogP contribution is -2.36. The van der Waals surface area contributed by atoms with Gasteiger partial charge in [0.25, 0.3) is 5.91 Å². The summed E-state index contributed by atoms with van der Waals surface area (Å²) in [5, 5.41) is 9.83. The molecule has 1 aliphatic rings. The average molecular weight is 455 g/mol. The molecule has 29 heavy (non-hydrogen) atoms. The van der Waals surface area contributed by atoms with Gasteiger partial charge in [0.05, 0.1) is 27.3 Å². The predicted octanol–water partition coefficient (Wildman–Crippen LogP) is 5.76. The van der Waals surface area contributed by atoms with Crippen molar-refractivity contribution < 1.29 is 9.59 Å². The summed E-state index contributed by atoms with van der Waals surface area (Å²) in [5.41, 5.74) is 1.58. The van der Waals surface area contributed by atoms with Gasteiger partial charge in [0.1, 0.15) is 0 Å². The highest BCUT2D eigenvalue weighted by atomic mass is 35.5. The number of amides is 2. The van der Waals surface area contributed by atoms with Gasteiger partial charge in [0, 0.05) is 17.3 Å². The molecule has 8 heteroatoms. The van der Waals surface area contributed by atoms with Gasteiger partial charge in [0.15, 0.2) is 0 Å². The van der Waals surface area contributed by atoms with Gasteiger partial charge < -0.3 is 16.0 Å². The van der Waals surface area contributed by atoms with Crippen molar-refractivity contribution in [3.63, 3.8) is 0 Å². The number of anilines is 2. The van der Waals surface area contributed by atoms with Crippen LogP contribution in [0.5, 0.6) is 0 Å². The van der Waals surface area contributed by atoms with Crippen LogP contribution in [-0.2, 0) is 4.79 Å². The largest absolute Gasteiger partial charge is 0.375 e. The van der Waals surface area contributed by atoms with Crippen LogP contribution in [0, 0.1) is 0 Å². The smallest absolute Gasteiger partial charge is 0.251 e. The average Bonchev–Trinajstić information content (AvgIpc) is 2.70. The zero-order valence-corrected chi connectivity index (χ0v) is 18.0. The van der Waals surface area contributed by atoms with Crippen molar-refractivity contribution in [2.45, 2.75) is 38.1 Å². The molecule has 0 unspecified atom stereocenters. The minimum absolute atomic E-state index is 0.0177. The Hall–Kier alpha value is -1.95. The fourth-order valence-corrected chi connectivity index (χ4v) is 3.91. The van der Waals surface area contributed by atoms with Crippen LogP contribution in [-0.4, -0.2) is 24.4 Å². The van der Waals surface area contributed by atoms with Crippen molar-refractivity contribution in [1.29, 1.82) is 0 Å². The number of rotatable bonds is 6. The fourth-order valence-electron chi connectivity index (χ4n) is 3.29. The monoisotopic (exact) mass is 453 g/mol. The molecule has 2 aromatic carbocycles. The minimum Gasteiger partial charge on any atom is -0.375 e. The highest BCUT2D eigenvalue weighted by molar-refractivity contribution is 6.44. The molecule has 2 amide bonds. The van der Waals surface area contributed by atoms with E-state index in [0.29, 0.717) is 32.0 Å². The van der Waals surface area contributed by atoms with E-state index in [1.165, 1.54) is 12.5 Å². The van der Waals surface area contributed by atoms with E-state index in [2.05, 4.69) is 16.0 Å². The summed E-state index contributed by atoms with van der Waals surface area (Å²) >= 11 is 18.0. The van der Waals surface area contributed by atoms with E-state index in [4.69, 9.17) is 34.8 Å². The maximum absolute atomic E-state index is 12.5. The quantitative estimate of drug-likeness (QED) is 0.486. The summed E-state index contributed by atoms with van der Waals surface area (Å²) in [4.78, 5) is 24.8. The lowest BCUT2D eigenvalue weighted by molar-refractivity contribution is -0.114. The number of benzene rings is 2. The first-order valence-corrected chi connectivity index (χ1v) is 10.6. The summed E-state index contributed by atoms with van der Waals surface area (Å²) in [6.45, 7) is -0.0177. The molecule has 0 aromatic heterocycles. The van der Waals surface area contributed by atoms with Gasteiger partial charge in [-0.25, -0.2) is 0 Å². The molecule has 0 spiro atoms. The predicted molar refractivity (Wildman–Crippen MR) is 119 cm³/mol. The molecule has 0 bridgehead atoms. The third kappa shape index (κ3) is 6.26. The normalized spacial score (nSPS) is 14.3. The number of carbonyl (C=O) groups is 2. The zero-order chi connectivity index (χ0) is 20.8. The summed E-state index contributed by atoms with van der Waals surface area (Å²) < 4.78 is 0. The number of halogens is 3. The minimum atomic E-state index is -0.281. The van der Waals surface area contributed by atoms with Crippen molar-refractivity contribution in [2.75, 3.05) is 17.2 Å². The van der Waals surface area contributed by atoms with Gasteiger partial charge >= 0.3 is 0 Å². The molecule has 0 atom stereocenters. The van der Waals surface area contributed by atoms with Crippen LogP contribution in [0.1, 0.15) is 42.5 Å². The molecule has 3 rings (SSSR count). The highest BCUT2D eigenvalue weighted by Crippen LogP contribution is 2.32. The fraction of sp³-hybridized carbons (Fsp3) is 0.333. The van der Waals surface area contributed by atoms with Crippen LogP contribution in [0.3, 0.4) is 0 Å². The van der Waals surface area contributed by atoms with Gasteiger partial charge in [-0.05, 0) is 43.2 Å². The Bertz CT molecular complexity index is 899. The zero-order valence-electron chi connectivity index (χ0n) is 15.7. The molecule has 0 saturated heterocycles. The lowest BCUT2D eigenvalue weighted by Gasteiger charge is -2.22. The van der Waals surface area contributed by atoms with E-state index < -0.39 is 0 Å². The molecule has 0 heterocycles. The first kappa shape index (κ1) is 21.8. The molecule has 3 N–H and O–H groups in total. The number of carbonyl (C=O) groups excluding carboxylic acids is 2. The van der Waals surface area contributed by atoms with E-state index in [1.807, 2.05) is 0 Å². The lowest BCUT2D eigenvalue weighted by atomic mass is 9.95. The van der Waals surface area contributed by atoms with Crippen LogP contribution in [0.2, 0.25) is 15.1 Å². The molecule has 1 saturated carbocycles. The SMILES string of the molecule is O=C(CNc1cc(Cl)c(Cl)cc1Cl)Nc1cccc(C(=O)NC2CCCCC2)c1. The van der Waals surface area contributed by atoms with Crippen LogP contribution >= 0.6 is 34.8 Å². The van der Waals surface area contributed by atoms with Gasteiger partial charge in [-0.1, -0.05) is 60.1 Å². The summed E-state index contributed by atoms with van der Waals surface area (Å²) in [5.74, 6) is -0.398. The Morgan fingerprint density at radius 2 is 1.66 bits per heavy atom. The molecule has 1 fully saturated rings. The van der Waals surface area contributed by atoms with Gasteiger partial charge in [0.2, 0.25) is 5.91 Å². The third-order valence-electron chi connectivity index (χ3n) is 4.80. The van der Waals surface area contributed by atoms with E-state index in [1.54, 1.807) is 30.3 Å². The van der Waals surface area contributed by atoms with Crippen LogP contribution in [0.25, 0.3) is 0 Å². The maximum atomic E-state index is 12.5. The highest BCUT2D eigenvalue weighted by Gasteiger charge is 2.17. The maximum Gasteiger partial charge on any atom is 0.251 e. The molecule has 0 radical (unpaired) electrons. The number of hydrogen-bond donors (Lipinski definition) is 3. The third-order valence-corrected chi connectivity index (χ3v) is 5.83. The Kier molecular flexibility index (Phi) is 7.64. The van der Waals surface area contributed by atoms with E-state index in [0.717, 1.165) is 25.7 Å². The first-order valence-electron chi connectivity index (χ1n) is 9.51. The van der Waals surface area contributed by atoms with Gasteiger partial charge in [-0.3, -0.25) is 9.59 Å². The molecular formula is C21H22Cl3N3O2. The molecule has 1 aliphatic carbocycles. The van der Waals surface area contributed by atoms with Gasteiger partial charge in [-0.15, -0.1) is 0 Å². The Morgan fingerprint density at radius 3 is 2.41 bits per heavy atom. The van der Waals surface area contributed by atoms with Crippen molar-refractivity contribution in [1.82, 2.24) is 5.32 Å². The second-order valence-electron chi connectivity index (χ2n) is 7.04. The molecule has 0 aliphatic heterocycles. The Balaban J connectivity index is 1.56. The van der Waals surface area contributed by atoms with Gasteiger partial charge in [-0.2, -0.15) is 0 Å². The second-order valence-corrected chi connectivity index (χ2v) is 8.26. The van der Waals surface area contributed by atoms with Crippen LogP contribution in [0.15, 0.2) is 36.4 Å².